The molecular formula is C17H23N3O4S. The molecule has 0 radical (unpaired) electrons. The Morgan fingerprint density at radius 3 is 2.60 bits per heavy atom. The highest BCUT2D eigenvalue weighted by molar-refractivity contribution is 7.12. The summed E-state index contributed by atoms with van der Waals surface area (Å²) in [5, 5.41) is 5.78. The van der Waals surface area contributed by atoms with Crippen molar-refractivity contribution < 1.29 is 19.2 Å². The van der Waals surface area contributed by atoms with Crippen LogP contribution in [-0.2, 0) is 14.4 Å². The number of amides is 2. The summed E-state index contributed by atoms with van der Waals surface area (Å²) in [7, 11) is 0. The van der Waals surface area contributed by atoms with E-state index >= 15 is 0 Å². The van der Waals surface area contributed by atoms with E-state index in [0.29, 0.717) is 24.3 Å². The molecule has 2 N–H and O–H groups in total. The molecule has 0 bridgehead atoms. The van der Waals surface area contributed by atoms with Crippen molar-refractivity contribution in [3.05, 3.63) is 22.4 Å². The maximum Gasteiger partial charge on any atom is 0.318 e. The number of carbonyl (C=O) groups excluding carboxylic acids is 4. The van der Waals surface area contributed by atoms with Crippen LogP contribution in [0.3, 0.4) is 0 Å². The van der Waals surface area contributed by atoms with Gasteiger partial charge in [-0.15, -0.1) is 11.3 Å². The van der Waals surface area contributed by atoms with Crippen LogP contribution in [0.2, 0.25) is 0 Å². The number of carbonyl (C=O) groups is 4. The van der Waals surface area contributed by atoms with Gasteiger partial charge in [0.1, 0.15) is 6.17 Å². The SMILES string of the molecule is CCC(C)(C)C(=O)C(=O)C(=O)N(NC(=O)c1cccs1)C1CCCN1. The maximum atomic E-state index is 12.6. The molecule has 1 aromatic heterocycles. The lowest BCUT2D eigenvalue weighted by molar-refractivity contribution is -0.154. The number of hydrogen-bond donors (Lipinski definition) is 2. The van der Waals surface area contributed by atoms with E-state index in [1.807, 2.05) is 0 Å². The molecule has 0 spiro atoms. The van der Waals surface area contributed by atoms with Crippen molar-refractivity contribution in [2.75, 3.05) is 6.54 Å². The van der Waals surface area contributed by atoms with E-state index in [4.69, 9.17) is 0 Å². The minimum absolute atomic E-state index is 0.420. The molecule has 136 valence electrons. The lowest BCUT2D eigenvalue weighted by atomic mass is 9.83. The van der Waals surface area contributed by atoms with Crippen molar-refractivity contribution in [2.45, 2.75) is 46.2 Å². The van der Waals surface area contributed by atoms with Gasteiger partial charge in [0.15, 0.2) is 0 Å². The van der Waals surface area contributed by atoms with Crippen LogP contribution in [0.1, 0.15) is 49.7 Å². The normalized spacial score (nSPS) is 17.2. The first-order chi connectivity index (χ1) is 11.8. The summed E-state index contributed by atoms with van der Waals surface area (Å²) in [6.45, 7) is 5.71. The summed E-state index contributed by atoms with van der Waals surface area (Å²) in [5.41, 5.74) is 1.57. The third-order valence-electron chi connectivity index (χ3n) is 4.43. The highest BCUT2D eigenvalue weighted by Crippen LogP contribution is 2.22. The molecule has 1 aliphatic rings. The summed E-state index contributed by atoms with van der Waals surface area (Å²) in [5.74, 6) is -3.33. The topological polar surface area (TPSA) is 95.6 Å². The molecule has 1 aromatic rings. The fourth-order valence-corrected chi connectivity index (χ4v) is 3.02. The van der Waals surface area contributed by atoms with Gasteiger partial charge in [-0.05, 0) is 37.3 Å². The first-order valence-corrected chi connectivity index (χ1v) is 9.16. The van der Waals surface area contributed by atoms with Gasteiger partial charge in [-0.2, -0.15) is 0 Å². The van der Waals surface area contributed by atoms with Crippen molar-refractivity contribution in [3.8, 4) is 0 Å². The van der Waals surface area contributed by atoms with Crippen molar-refractivity contribution in [1.29, 1.82) is 0 Å². The fraction of sp³-hybridized carbons (Fsp3) is 0.529. The summed E-state index contributed by atoms with van der Waals surface area (Å²) in [4.78, 5) is 50.1. The molecule has 1 unspecified atom stereocenters. The predicted molar refractivity (Wildman–Crippen MR) is 93.7 cm³/mol. The first kappa shape index (κ1) is 19.3. The van der Waals surface area contributed by atoms with Gasteiger partial charge in [-0.1, -0.05) is 26.8 Å². The Labute approximate surface area is 150 Å². The zero-order valence-electron chi connectivity index (χ0n) is 14.6. The zero-order chi connectivity index (χ0) is 18.6. The molecule has 2 rings (SSSR count). The van der Waals surface area contributed by atoms with Crippen molar-refractivity contribution >= 4 is 34.7 Å². The highest BCUT2D eigenvalue weighted by Gasteiger charge is 2.40. The molecule has 1 saturated heterocycles. The lowest BCUT2D eigenvalue weighted by Gasteiger charge is -2.29. The number of ketones is 2. The minimum Gasteiger partial charge on any atom is -0.296 e. The van der Waals surface area contributed by atoms with Crippen LogP contribution in [0.25, 0.3) is 0 Å². The molecule has 0 aliphatic carbocycles. The van der Waals surface area contributed by atoms with Gasteiger partial charge >= 0.3 is 5.91 Å². The third-order valence-corrected chi connectivity index (χ3v) is 5.30. The largest absolute Gasteiger partial charge is 0.318 e. The van der Waals surface area contributed by atoms with Crippen LogP contribution in [0.4, 0.5) is 0 Å². The van der Waals surface area contributed by atoms with E-state index in [1.54, 1.807) is 38.3 Å². The summed E-state index contributed by atoms with van der Waals surface area (Å²) in [6, 6.07) is 3.34. The van der Waals surface area contributed by atoms with Crippen LogP contribution in [0, 0.1) is 5.41 Å². The van der Waals surface area contributed by atoms with E-state index in [9.17, 15) is 19.2 Å². The van der Waals surface area contributed by atoms with Gasteiger partial charge in [0.25, 0.3) is 11.7 Å². The molecule has 0 saturated carbocycles. The minimum atomic E-state index is -1.10. The van der Waals surface area contributed by atoms with E-state index in [1.165, 1.54) is 11.3 Å². The van der Waals surface area contributed by atoms with Gasteiger partial charge in [-0.25, -0.2) is 5.01 Å². The van der Waals surface area contributed by atoms with E-state index < -0.39 is 35.0 Å². The number of rotatable bonds is 6. The van der Waals surface area contributed by atoms with E-state index in [0.717, 1.165) is 11.4 Å². The van der Waals surface area contributed by atoms with Crippen LogP contribution < -0.4 is 10.7 Å². The van der Waals surface area contributed by atoms with E-state index in [-0.39, 0.29) is 0 Å². The quantitative estimate of drug-likeness (QED) is 0.453. The smallest absolute Gasteiger partial charge is 0.296 e. The molecular weight excluding hydrogens is 342 g/mol. The molecule has 8 heteroatoms. The average Bonchev–Trinajstić information content (AvgIpc) is 3.30. The number of hydrogen-bond acceptors (Lipinski definition) is 6. The predicted octanol–water partition coefficient (Wildman–Crippen LogP) is 1.51. The van der Waals surface area contributed by atoms with Crippen LogP contribution in [0.5, 0.6) is 0 Å². The Kier molecular flexibility index (Phi) is 6.07. The highest BCUT2D eigenvalue weighted by atomic mass is 32.1. The second kappa shape index (κ2) is 7.88. The van der Waals surface area contributed by atoms with Gasteiger partial charge in [0.05, 0.1) is 4.88 Å². The van der Waals surface area contributed by atoms with Gasteiger partial charge in [0, 0.05) is 5.41 Å². The second-order valence-electron chi connectivity index (χ2n) is 6.60. The van der Waals surface area contributed by atoms with Crippen molar-refractivity contribution in [1.82, 2.24) is 15.8 Å². The van der Waals surface area contributed by atoms with Crippen LogP contribution in [0.15, 0.2) is 17.5 Å². The molecule has 2 heterocycles. The van der Waals surface area contributed by atoms with Crippen LogP contribution >= 0.6 is 11.3 Å². The number of thiophene rings is 1. The molecule has 1 atom stereocenters. The second-order valence-corrected chi connectivity index (χ2v) is 7.55. The lowest BCUT2D eigenvalue weighted by Crippen LogP contribution is -2.58. The molecule has 1 fully saturated rings. The Morgan fingerprint density at radius 1 is 1.36 bits per heavy atom. The third kappa shape index (κ3) is 4.32. The Balaban J connectivity index is 2.19. The summed E-state index contributed by atoms with van der Waals surface area (Å²) < 4.78 is 0. The van der Waals surface area contributed by atoms with Gasteiger partial charge in [-0.3, -0.25) is 29.9 Å². The van der Waals surface area contributed by atoms with Crippen molar-refractivity contribution in [2.24, 2.45) is 5.41 Å². The number of nitrogens with one attached hydrogen (secondary N) is 2. The molecule has 2 amide bonds. The standard InChI is InChI=1S/C17H23N3O4S/c1-4-17(2,3)14(22)13(21)16(24)20(12-8-5-9-18-12)19-15(23)11-7-6-10-25-11/h6-7,10,12,18H,4-5,8-9H2,1-3H3,(H,19,23). The summed E-state index contributed by atoms with van der Waals surface area (Å²) >= 11 is 1.23. The number of Topliss-reactive ketones (excluding diaryl/α,β-unsaturated/α-hetero) is 2. The van der Waals surface area contributed by atoms with Gasteiger partial charge < -0.3 is 0 Å². The monoisotopic (exact) mass is 365 g/mol. The average molecular weight is 365 g/mol. The fourth-order valence-electron chi connectivity index (χ4n) is 2.40. The molecule has 7 nitrogen and oxygen atoms in total. The van der Waals surface area contributed by atoms with Gasteiger partial charge in [0.2, 0.25) is 5.78 Å². The number of nitrogens with zero attached hydrogens (tertiary/aromatic N) is 1. The zero-order valence-corrected chi connectivity index (χ0v) is 15.4. The molecule has 25 heavy (non-hydrogen) atoms. The van der Waals surface area contributed by atoms with Crippen LogP contribution in [-0.4, -0.2) is 41.1 Å². The maximum absolute atomic E-state index is 12.6. The Bertz CT molecular complexity index is 663. The van der Waals surface area contributed by atoms with E-state index in [2.05, 4.69) is 10.7 Å². The molecule has 1 aliphatic heterocycles. The van der Waals surface area contributed by atoms with Crippen molar-refractivity contribution in [3.63, 3.8) is 0 Å². The Morgan fingerprint density at radius 2 is 2.08 bits per heavy atom. The molecule has 0 aromatic carbocycles. The Hall–Kier alpha value is -2.06. The number of hydrazine groups is 1. The summed E-state index contributed by atoms with van der Waals surface area (Å²) in [6.07, 6.45) is 1.34. The first-order valence-electron chi connectivity index (χ1n) is 8.28.